The minimum Gasteiger partial charge on any atom is -0.480 e. The minimum absolute atomic E-state index is 0.000355. The maximum atomic E-state index is 13.3. The van der Waals surface area contributed by atoms with Gasteiger partial charge < -0.3 is 42.0 Å². The number of aliphatic hydroxyl groups is 2. The molecule has 2 aromatic carbocycles. The molecule has 0 saturated carbocycles. The van der Waals surface area contributed by atoms with Crippen LogP contribution in [0.25, 0.3) is 10.9 Å². The largest absolute Gasteiger partial charge is 0.480 e. The molecule has 0 bridgehead atoms. The molecule has 208 valence electrons. The monoisotopic (exact) mass is 539 g/mol. The highest BCUT2D eigenvalue weighted by Crippen LogP contribution is 2.19. The lowest BCUT2D eigenvalue weighted by atomic mass is 10.0. The number of H-pyrrole nitrogens is 1. The van der Waals surface area contributed by atoms with E-state index in [2.05, 4.69) is 20.9 Å². The summed E-state index contributed by atoms with van der Waals surface area (Å²) in [5, 5.41) is 37.2. The number of hydrogen-bond acceptors (Lipinski definition) is 7. The van der Waals surface area contributed by atoms with E-state index in [-0.39, 0.29) is 12.8 Å². The summed E-state index contributed by atoms with van der Waals surface area (Å²) >= 11 is 0. The molecule has 9 N–H and O–H groups in total. The van der Waals surface area contributed by atoms with E-state index in [4.69, 9.17) is 5.73 Å². The fourth-order valence-electron chi connectivity index (χ4n) is 4.01. The number of aliphatic hydroxyl groups excluding tert-OH is 2. The maximum Gasteiger partial charge on any atom is 0.326 e. The summed E-state index contributed by atoms with van der Waals surface area (Å²) in [5.74, 6) is -3.79. The topological polar surface area (TPSA) is 207 Å². The van der Waals surface area contributed by atoms with E-state index in [1.54, 1.807) is 36.5 Å². The number of benzene rings is 2. The Hall–Kier alpha value is -4.26. The summed E-state index contributed by atoms with van der Waals surface area (Å²) in [6, 6.07) is 10.6. The molecule has 1 heterocycles. The van der Waals surface area contributed by atoms with E-state index in [1.165, 1.54) is 6.92 Å². The Labute approximate surface area is 224 Å². The third-order valence-electron chi connectivity index (χ3n) is 6.27. The average Bonchev–Trinajstić information content (AvgIpc) is 3.33. The molecular formula is C27H33N5O7. The number of carbonyl (C=O) groups excluding carboxylic acids is 3. The van der Waals surface area contributed by atoms with Gasteiger partial charge in [0.2, 0.25) is 17.7 Å². The molecule has 0 aliphatic carbocycles. The summed E-state index contributed by atoms with van der Waals surface area (Å²) < 4.78 is 0. The molecule has 5 unspecified atom stereocenters. The van der Waals surface area contributed by atoms with Gasteiger partial charge in [0.1, 0.15) is 24.2 Å². The number of aliphatic carboxylic acids is 1. The first-order chi connectivity index (χ1) is 18.6. The van der Waals surface area contributed by atoms with E-state index in [9.17, 15) is 34.5 Å². The summed E-state index contributed by atoms with van der Waals surface area (Å²) in [7, 11) is 0. The fourth-order valence-corrected chi connectivity index (χ4v) is 4.01. The molecule has 1 aromatic heterocycles. The SMILES string of the molecule is CC(O)C(N)C(=O)NC(Cc1c[nH]c2ccccc12)C(=O)NC(CO)C(=O)NC(Cc1ccccc1)C(=O)O. The number of hydrogen-bond donors (Lipinski definition) is 8. The van der Waals surface area contributed by atoms with Gasteiger partial charge in [-0.15, -0.1) is 0 Å². The average molecular weight is 540 g/mol. The molecule has 0 fully saturated rings. The highest BCUT2D eigenvalue weighted by molar-refractivity contribution is 5.95. The van der Waals surface area contributed by atoms with E-state index >= 15 is 0 Å². The second-order valence-electron chi connectivity index (χ2n) is 9.22. The van der Waals surface area contributed by atoms with Crippen molar-refractivity contribution in [3.8, 4) is 0 Å². The zero-order valence-corrected chi connectivity index (χ0v) is 21.3. The molecule has 0 radical (unpaired) electrons. The van der Waals surface area contributed by atoms with Crippen LogP contribution in [0.1, 0.15) is 18.1 Å². The van der Waals surface area contributed by atoms with Gasteiger partial charge in [0.15, 0.2) is 0 Å². The minimum atomic E-state index is -1.50. The van der Waals surface area contributed by atoms with Gasteiger partial charge in [0.25, 0.3) is 0 Å². The highest BCUT2D eigenvalue weighted by atomic mass is 16.4. The first-order valence-corrected chi connectivity index (χ1v) is 12.4. The number of carbonyl (C=O) groups is 4. The Morgan fingerprint density at radius 1 is 0.846 bits per heavy atom. The quantitative estimate of drug-likeness (QED) is 0.137. The lowest BCUT2D eigenvalue weighted by Gasteiger charge is -2.25. The third kappa shape index (κ3) is 7.87. The van der Waals surface area contributed by atoms with Crippen LogP contribution in [0.5, 0.6) is 0 Å². The van der Waals surface area contributed by atoms with Crippen LogP contribution < -0.4 is 21.7 Å². The Bertz CT molecular complexity index is 1290. The van der Waals surface area contributed by atoms with Crippen LogP contribution in [0.4, 0.5) is 0 Å². The maximum absolute atomic E-state index is 13.3. The molecule has 0 saturated heterocycles. The van der Waals surface area contributed by atoms with Gasteiger partial charge in [-0.2, -0.15) is 0 Å². The number of carboxylic acids is 1. The standard InChI is InChI=1S/C27H33N5O7/c1-15(34)23(28)26(37)30-20(12-17-13-29-19-10-6-5-9-18(17)19)24(35)32-22(14-33)25(36)31-21(27(38)39)11-16-7-3-2-4-8-16/h2-10,13,15,20-23,29,33-34H,11-12,14,28H2,1H3,(H,30,37)(H,31,36)(H,32,35)(H,38,39). The molecule has 3 rings (SSSR count). The van der Waals surface area contributed by atoms with E-state index in [0.717, 1.165) is 10.9 Å². The van der Waals surface area contributed by atoms with Crippen LogP contribution in [0, 0.1) is 0 Å². The van der Waals surface area contributed by atoms with Gasteiger partial charge in [-0.3, -0.25) is 14.4 Å². The summed E-state index contributed by atoms with van der Waals surface area (Å²) in [5.41, 5.74) is 7.91. The van der Waals surface area contributed by atoms with Crippen LogP contribution in [-0.2, 0) is 32.0 Å². The lowest BCUT2D eigenvalue weighted by Crippen LogP contribution is -2.59. The number of amides is 3. The van der Waals surface area contributed by atoms with Crippen LogP contribution in [0.2, 0.25) is 0 Å². The van der Waals surface area contributed by atoms with Crippen molar-refractivity contribution in [1.82, 2.24) is 20.9 Å². The Balaban J connectivity index is 1.76. The molecule has 12 heteroatoms. The summed E-state index contributed by atoms with van der Waals surface area (Å²) in [6.45, 7) is 0.510. The smallest absolute Gasteiger partial charge is 0.326 e. The Morgan fingerprint density at radius 2 is 1.44 bits per heavy atom. The molecule has 0 spiro atoms. The van der Waals surface area contributed by atoms with Crippen molar-refractivity contribution in [3.05, 3.63) is 71.9 Å². The molecule has 39 heavy (non-hydrogen) atoms. The van der Waals surface area contributed by atoms with Crippen LogP contribution in [0.3, 0.4) is 0 Å². The van der Waals surface area contributed by atoms with Gasteiger partial charge in [-0.05, 0) is 24.1 Å². The van der Waals surface area contributed by atoms with Gasteiger partial charge in [-0.1, -0.05) is 48.5 Å². The third-order valence-corrected chi connectivity index (χ3v) is 6.27. The molecule has 5 atom stereocenters. The zero-order valence-electron chi connectivity index (χ0n) is 21.3. The molecule has 3 amide bonds. The second kappa shape index (κ2) is 13.5. The number of aromatic nitrogens is 1. The number of rotatable bonds is 13. The second-order valence-corrected chi connectivity index (χ2v) is 9.22. The summed E-state index contributed by atoms with van der Waals surface area (Å²) in [4.78, 5) is 53.6. The van der Waals surface area contributed by atoms with E-state index < -0.39 is 60.6 Å². The van der Waals surface area contributed by atoms with Crippen molar-refractivity contribution in [2.45, 2.75) is 50.0 Å². The van der Waals surface area contributed by atoms with Crippen molar-refractivity contribution in [2.24, 2.45) is 5.73 Å². The normalized spacial score (nSPS) is 15.0. The zero-order chi connectivity index (χ0) is 28.5. The van der Waals surface area contributed by atoms with Crippen LogP contribution in [-0.4, -0.2) is 80.9 Å². The van der Waals surface area contributed by atoms with Crippen molar-refractivity contribution in [1.29, 1.82) is 0 Å². The number of aromatic amines is 1. The predicted octanol–water partition coefficient (Wildman–Crippen LogP) is -0.807. The van der Waals surface area contributed by atoms with Gasteiger partial charge in [0.05, 0.1) is 12.7 Å². The van der Waals surface area contributed by atoms with Crippen LogP contribution in [0.15, 0.2) is 60.8 Å². The highest BCUT2D eigenvalue weighted by Gasteiger charge is 2.31. The van der Waals surface area contributed by atoms with Crippen molar-refractivity contribution < 1.29 is 34.5 Å². The summed E-state index contributed by atoms with van der Waals surface area (Å²) in [6.07, 6.45) is 0.489. The molecular weight excluding hydrogens is 506 g/mol. The van der Waals surface area contributed by atoms with Gasteiger partial charge >= 0.3 is 5.97 Å². The number of nitrogens with two attached hydrogens (primary N) is 1. The Kier molecular flexibility index (Phi) is 10.1. The van der Waals surface area contributed by atoms with Gasteiger partial charge in [-0.25, -0.2) is 4.79 Å². The first kappa shape index (κ1) is 29.3. The molecule has 0 aliphatic rings. The van der Waals surface area contributed by atoms with E-state index in [0.29, 0.717) is 11.1 Å². The number of para-hydroxylation sites is 1. The molecule has 0 aliphatic heterocycles. The van der Waals surface area contributed by atoms with Crippen molar-refractivity contribution in [3.63, 3.8) is 0 Å². The fraction of sp³-hybridized carbons (Fsp3) is 0.333. The van der Waals surface area contributed by atoms with Crippen molar-refractivity contribution >= 4 is 34.6 Å². The van der Waals surface area contributed by atoms with Crippen LogP contribution >= 0.6 is 0 Å². The number of nitrogens with one attached hydrogen (secondary N) is 4. The molecule has 12 nitrogen and oxygen atoms in total. The molecule has 3 aromatic rings. The predicted molar refractivity (Wildman–Crippen MR) is 142 cm³/mol. The Morgan fingerprint density at radius 3 is 2.08 bits per heavy atom. The first-order valence-electron chi connectivity index (χ1n) is 12.4. The van der Waals surface area contributed by atoms with Gasteiger partial charge in [0, 0.05) is 29.9 Å². The lowest BCUT2D eigenvalue weighted by molar-refractivity contribution is -0.142. The van der Waals surface area contributed by atoms with Crippen molar-refractivity contribution in [2.75, 3.05) is 6.61 Å². The van der Waals surface area contributed by atoms with E-state index in [1.807, 2.05) is 24.3 Å². The number of fused-ring (bicyclic) bond motifs is 1. The number of carboxylic acid groups (broad SMARTS) is 1.